The first-order valence-electron chi connectivity index (χ1n) is 10.4. The Morgan fingerprint density at radius 2 is 2.04 bits per heavy atom. The number of hydrogen-bond donors (Lipinski definition) is 1. The van der Waals surface area contributed by atoms with Gasteiger partial charge in [-0.25, -0.2) is 0 Å². The van der Waals surface area contributed by atoms with Crippen LogP contribution < -0.4 is 0 Å². The first-order chi connectivity index (χ1) is 12.2. The van der Waals surface area contributed by atoms with Gasteiger partial charge in [0.1, 0.15) is 5.60 Å². The third kappa shape index (κ3) is 2.04. The summed E-state index contributed by atoms with van der Waals surface area (Å²) in [7, 11) is 0. The van der Waals surface area contributed by atoms with Crippen molar-refractivity contribution in [2.75, 3.05) is 0 Å². The van der Waals surface area contributed by atoms with E-state index in [4.69, 9.17) is 0 Å². The fraction of sp³-hybridized carbons (Fsp3) is 0.739. The Kier molecular flexibility index (Phi) is 3.94. The molecule has 0 radical (unpaired) electrons. The molecule has 0 aromatic rings. The minimum atomic E-state index is -1.20. The Balaban J connectivity index is 1.78. The highest BCUT2D eigenvalue weighted by atomic mass is 16.3. The molecule has 2 unspecified atom stereocenters. The van der Waals surface area contributed by atoms with Gasteiger partial charge in [0.15, 0.2) is 11.6 Å². The lowest BCUT2D eigenvalue weighted by Gasteiger charge is -2.54. The number of Topliss-reactive ketones (excluding diaryl/α,β-unsaturated/α-hetero) is 1. The zero-order chi connectivity index (χ0) is 18.9. The van der Waals surface area contributed by atoms with Crippen molar-refractivity contribution in [2.24, 2.45) is 28.6 Å². The molecular weight excluding hydrogens is 324 g/mol. The minimum absolute atomic E-state index is 0.00961. The lowest BCUT2D eigenvalue weighted by Crippen LogP contribution is -2.56. The third-order valence-corrected chi connectivity index (χ3v) is 8.66. The lowest BCUT2D eigenvalue weighted by molar-refractivity contribution is -0.158. The van der Waals surface area contributed by atoms with E-state index in [-0.39, 0.29) is 28.3 Å². The molecule has 0 aromatic heterocycles. The monoisotopic (exact) mass is 356 g/mol. The Bertz CT molecular complexity index is 732. The smallest absolute Gasteiger partial charge is 0.164 e. The Hall–Kier alpha value is -1.22. The molecule has 0 bridgehead atoms. The number of carbonyl (C=O) groups is 2. The highest BCUT2D eigenvalue weighted by Gasteiger charge is 2.66. The van der Waals surface area contributed by atoms with Crippen LogP contribution in [0.4, 0.5) is 0 Å². The van der Waals surface area contributed by atoms with E-state index in [1.165, 1.54) is 11.1 Å². The molecule has 26 heavy (non-hydrogen) atoms. The molecule has 0 saturated heterocycles. The maximum Gasteiger partial charge on any atom is 0.164 e. The van der Waals surface area contributed by atoms with Crippen LogP contribution in [0.15, 0.2) is 23.3 Å². The minimum Gasteiger partial charge on any atom is -0.381 e. The zero-order valence-corrected chi connectivity index (χ0v) is 16.6. The van der Waals surface area contributed by atoms with Crippen LogP contribution in [0.25, 0.3) is 0 Å². The second-order valence-corrected chi connectivity index (χ2v) is 9.68. The molecular formula is C23H32O3. The number of carbonyl (C=O) groups excluding carboxylic acids is 2. The van der Waals surface area contributed by atoms with Gasteiger partial charge in [-0.15, -0.1) is 0 Å². The summed E-state index contributed by atoms with van der Waals surface area (Å²) >= 11 is 0. The molecule has 1 N–H and O–H groups in total. The highest BCUT2D eigenvalue weighted by molar-refractivity contribution is 5.92. The van der Waals surface area contributed by atoms with Gasteiger partial charge in [-0.1, -0.05) is 44.9 Å². The molecule has 0 aliphatic heterocycles. The van der Waals surface area contributed by atoms with Crippen molar-refractivity contribution in [3.63, 3.8) is 0 Å². The number of allylic oxidation sites excluding steroid dienone is 4. The van der Waals surface area contributed by atoms with E-state index in [0.717, 1.165) is 32.1 Å². The number of hydrogen-bond acceptors (Lipinski definition) is 3. The molecule has 4 aliphatic rings. The maximum absolute atomic E-state index is 12.8. The summed E-state index contributed by atoms with van der Waals surface area (Å²) in [5.74, 6) is 1.09. The maximum atomic E-state index is 12.8. The van der Waals surface area contributed by atoms with Gasteiger partial charge < -0.3 is 5.11 Å². The quantitative estimate of drug-likeness (QED) is 0.746. The van der Waals surface area contributed by atoms with Gasteiger partial charge in [-0.3, -0.25) is 9.59 Å². The highest BCUT2D eigenvalue weighted by Crippen LogP contribution is 2.67. The summed E-state index contributed by atoms with van der Waals surface area (Å²) < 4.78 is 0. The molecule has 2 fully saturated rings. The van der Waals surface area contributed by atoms with Gasteiger partial charge in [0.05, 0.1) is 0 Å². The molecule has 4 aliphatic carbocycles. The van der Waals surface area contributed by atoms with Crippen molar-refractivity contribution in [1.29, 1.82) is 0 Å². The van der Waals surface area contributed by atoms with Crippen LogP contribution in [-0.4, -0.2) is 22.3 Å². The summed E-state index contributed by atoms with van der Waals surface area (Å²) in [4.78, 5) is 24.7. The van der Waals surface area contributed by atoms with Crippen molar-refractivity contribution in [3.05, 3.63) is 23.3 Å². The number of rotatable bonds is 2. The van der Waals surface area contributed by atoms with Crippen LogP contribution in [0.2, 0.25) is 0 Å². The second kappa shape index (κ2) is 5.64. The molecule has 0 aromatic carbocycles. The molecule has 0 heterocycles. The van der Waals surface area contributed by atoms with E-state index in [0.29, 0.717) is 24.7 Å². The predicted molar refractivity (Wildman–Crippen MR) is 101 cm³/mol. The van der Waals surface area contributed by atoms with Gasteiger partial charge in [-0.05, 0) is 55.9 Å². The van der Waals surface area contributed by atoms with E-state index < -0.39 is 5.60 Å². The summed E-state index contributed by atoms with van der Waals surface area (Å²) in [6, 6.07) is 0. The topological polar surface area (TPSA) is 54.4 Å². The Morgan fingerprint density at radius 1 is 1.31 bits per heavy atom. The van der Waals surface area contributed by atoms with E-state index >= 15 is 0 Å². The number of fused-ring (bicyclic) bond motifs is 5. The van der Waals surface area contributed by atoms with Gasteiger partial charge in [0.25, 0.3) is 0 Å². The lowest BCUT2D eigenvalue weighted by atomic mass is 9.50. The number of ketones is 2. The molecule has 142 valence electrons. The van der Waals surface area contributed by atoms with E-state index in [1.807, 2.05) is 13.0 Å². The summed E-state index contributed by atoms with van der Waals surface area (Å²) in [6.45, 7) is 8.39. The Morgan fingerprint density at radius 3 is 2.73 bits per heavy atom. The van der Waals surface area contributed by atoms with Crippen LogP contribution >= 0.6 is 0 Å². The summed E-state index contributed by atoms with van der Waals surface area (Å²) in [5, 5.41) is 11.6. The van der Waals surface area contributed by atoms with Gasteiger partial charge in [0.2, 0.25) is 0 Å². The SMILES string of the molecule is CCC(=O)[C@@]1(O)[C@H](C)CC2C3CCC4=CC(=O)CC[C@]4(C)C3=CC[C@@]21C. The average molecular weight is 357 g/mol. The average Bonchev–Trinajstić information content (AvgIpc) is 2.83. The molecule has 4 rings (SSSR count). The molecule has 0 spiro atoms. The third-order valence-electron chi connectivity index (χ3n) is 8.66. The van der Waals surface area contributed by atoms with E-state index in [2.05, 4.69) is 26.8 Å². The van der Waals surface area contributed by atoms with Crippen LogP contribution in [0.3, 0.4) is 0 Å². The fourth-order valence-corrected chi connectivity index (χ4v) is 7.06. The second-order valence-electron chi connectivity index (χ2n) is 9.68. The first-order valence-corrected chi connectivity index (χ1v) is 10.4. The normalized spacial score (nSPS) is 47.4. The van der Waals surface area contributed by atoms with Gasteiger partial charge >= 0.3 is 0 Å². The van der Waals surface area contributed by atoms with Crippen LogP contribution in [0.5, 0.6) is 0 Å². The van der Waals surface area contributed by atoms with E-state index in [1.54, 1.807) is 0 Å². The first kappa shape index (κ1) is 18.2. The fourth-order valence-electron chi connectivity index (χ4n) is 7.06. The molecule has 3 heteroatoms. The van der Waals surface area contributed by atoms with Crippen LogP contribution in [-0.2, 0) is 9.59 Å². The molecule has 2 saturated carbocycles. The van der Waals surface area contributed by atoms with Gasteiger partial charge in [-0.2, -0.15) is 0 Å². The predicted octanol–water partition coefficient (Wildman–Crippen LogP) is 4.39. The van der Waals surface area contributed by atoms with Crippen molar-refractivity contribution < 1.29 is 14.7 Å². The zero-order valence-electron chi connectivity index (χ0n) is 16.6. The van der Waals surface area contributed by atoms with Gasteiger partial charge in [0, 0.05) is 23.7 Å². The molecule has 3 nitrogen and oxygen atoms in total. The number of aliphatic hydroxyl groups is 1. The van der Waals surface area contributed by atoms with Crippen LogP contribution in [0, 0.1) is 28.6 Å². The molecule has 6 atom stereocenters. The van der Waals surface area contributed by atoms with E-state index in [9.17, 15) is 14.7 Å². The van der Waals surface area contributed by atoms with Crippen molar-refractivity contribution in [2.45, 2.75) is 78.2 Å². The Labute approximate surface area is 156 Å². The molecule has 0 amide bonds. The van der Waals surface area contributed by atoms with Crippen molar-refractivity contribution >= 4 is 11.6 Å². The van der Waals surface area contributed by atoms with Crippen LogP contribution in [0.1, 0.15) is 72.6 Å². The standard InChI is InChI=1S/C23H32O3/c1-5-20(25)23(26)14(2)12-19-17-7-6-15-13-16(24)8-10-21(15,3)18(17)9-11-22(19,23)4/h9,13-14,17,19,26H,5-8,10-12H2,1-4H3/t14-,17?,19?,21+,22+,23+/m1/s1. The van der Waals surface area contributed by atoms with Crippen molar-refractivity contribution in [1.82, 2.24) is 0 Å². The van der Waals surface area contributed by atoms with Crippen molar-refractivity contribution in [3.8, 4) is 0 Å². The largest absolute Gasteiger partial charge is 0.381 e. The summed E-state index contributed by atoms with van der Waals surface area (Å²) in [5.41, 5.74) is 1.25. The summed E-state index contributed by atoms with van der Waals surface area (Å²) in [6.07, 6.45) is 9.92.